The summed E-state index contributed by atoms with van der Waals surface area (Å²) >= 11 is 0. The molecule has 2 aromatic rings. The SMILES string of the molecule is Cc1ccc(C(=O)COC(=O)C(NC(=O)c2ccc(C(C)(C)C)cc2)C(C)C)cc1. The molecule has 0 heterocycles. The van der Waals surface area contributed by atoms with E-state index in [1.165, 1.54) is 0 Å². The van der Waals surface area contributed by atoms with E-state index in [-0.39, 0.29) is 29.6 Å². The van der Waals surface area contributed by atoms with Gasteiger partial charge in [-0.1, -0.05) is 76.6 Å². The maximum absolute atomic E-state index is 12.6. The number of esters is 1. The van der Waals surface area contributed by atoms with Gasteiger partial charge in [0, 0.05) is 11.1 Å². The predicted molar refractivity (Wildman–Crippen MR) is 118 cm³/mol. The van der Waals surface area contributed by atoms with E-state index < -0.39 is 12.0 Å². The van der Waals surface area contributed by atoms with Crippen LogP contribution in [0.3, 0.4) is 0 Å². The third kappa shape index (κ3) is 6.28. The van der Waals surface area contributed by atoms with Gasteiger partial charge in [0.1, 0.15) is 6.04 Å². The summed E-state index contributed by atoms with van der Waals surface area (Å²) in [7, 11) is 0. The van der Waals surface area contributed by atoms with Crippen molar-refractivity contribution in [1.82, 2.24) is 5.32 Å². The second-order valence-electron chi connectivity index (χ2n) is 8.92. The number of nitrogens with one attached hydrogen (secondary N) is 1. The van der Waals surface area contributed by atoms with Crippen LogP contribution in [0.15, 0.2) is 48.5 Å². The highest BCUT2D eigenvalue weighted by atomic mass is 16.5. The average Bonchev–Trinajstić information content (AvgIpc) is 2.69. The summed E-state index contributed by atoms with van der Waals surface area (Å²) in [5.74, 6) is -1.44. The molecule has 1 N–H and O–H groups in total. The van der Waals surface area contributed by atoms with Gasteiger partial charge in [0.15, 0.2) is 12.4 Å². The summed E-state index contributed by atoms with van der Waals surface area (Å²) in [6.07, 6.45) is 0. The third-order valence-electron chi connectivity index (χ3n) is 4.94. The zero-order valence-electron chi connectivity index (χ0n) is 18.6. The molecule has 2 rings (SSSR count). The van der Waals surface area contributed by atoms with Crippen molar-refractivity contribution in [2.45, 2.75) is 53.0 Å². The number of aryl methyl sites for hydroxylation is 1. The number of carbonyl (C=O) groups excluding carboxylic acids is 3. The lowest BCUT2D eigenvalue weighted by Crippen LogP contribution is -2.45. The molecule has 0 spiro atoms. The number of amides is 1. The van der Waals surface area contributed by atoms with Gasteiger partial charge in [0.05, 0.1) is 0 Å². The van der Waals surface area contributed by atoms with E-state index in [2.05, 4.69) is 26.1 Å². The lowest BCUT2D eigenvalue weighted by Gasteiger charge is -2.22. The van der Waals surface area contributed by atoms with Crippen molar-refractivity contribution >= 4 is 17.7 Å². The smallest absolute Gasteiger partial charge is 0.329 e. The predicted octanol–water partition coefficient (Wildman–Crippen LogP) is 4.47. The normalized spacial score (nSPS) is 12.4. The van der Waals surface area contributed by atoms with Crippen molar-refractivity contribution in [3.05, 3.63) is 70.8 Å². The maximum atomic E-state index is 12.6. The number of hydrogen-bond donors (Lipinski definition) is 1. The summed E-state index contributed by atoms with van der Waals surface area (Å²) in [6.45, 7) is 11.5. The summed E-state index contributed by atoms with van der Waals surface area (Å²) in [5, 5.41) is 2.74. The molecule has 5 nitrogen and oxygen atoms in total. The van der Waals surface area contributed by atoms with E-state index in [1.54, 1.807) is 24.3 Å². The van der Waals surface area contributed by atoms with E-state index in [4.69, 9.17) is 4.74 Å². The first-order valence-corrected chi connectivity index (χ1v) is 10.2. The van der Waals surface area contributed by atoms with E-state index in [0.29, 0.717) is 11.1 Å². The van der Waals surface area contributed by atoms with Crippen LogP contribution < -0.4 is 5.32 Å². The molecule has 0 bridgehead atoms. The molecule has 30 heavy (non-hydrogen) atoms. The number of benzene rings is 2. The van der Waals surface area contributed by atoms with E-state index in [1.807, 2.05) is 45.0 Å². The number of ketones is 1. The summed E-state index contributed by atoms with van der Waals surface area (Å²) in [6, 6.07) is 13.6. The van der Waals surface area contributed by atoms with E-state index in [9.17, 15) is 14.4 Å². The lowest BCUT2D eigenvalue weighted by atomic mass is 9.86. The van der Waals surface area contributed by atoms with Crippen LogP contribution in [0.2, 0.25) is 0 Å². The van der Waals surface area contributed by atoms with Crippen LogP contribution in [0.25, 0.3) is 0 Å². The molecule has 0 saturated carbocycles. The zero-order valence-corrected chi connectivity index (χ0v) is 18.6. The Morgan fingerprint density at radius 1 is 0.900 bits per heavy atom. The van der Waals surface area contributed by atoms with Crippen LogP contribution in [-0.2, 0) is 14.9 Å². The highest BCUT2D eigenvalue weighted by Gasteiger charge is 2.27. The van der Waals surface area contributed by atoms with Crippen molar-refractivity contribution in [3.8, 4) is 0 Å². The van der Waals surface area contributed by atoms with Gasteiger partial charge in [-0.05, 0) is 36.0 Å². The summed E-state index contributed by atoms with van der Waals surface area (Å²) in [4.78, 5) is 37.4. The number of ether oxygens (including phenoxy) is 1. The van der Waals surface area contributed by atoms with Gasteiger partial charge in [0.2, 0.25) is 0 Å². The van der Waals surface area contributed by atoms with Crippen molar-refractivity contribution < 1.29 is 19.1 Å². The average molecular weight is 410 g/mol. The lowest BCUT2D eigenvalue weighted by molar-refractivity contribution is -0.145. The quantitative estimate of drug-likeness (QED) is 0.541. The fourth-order valence-corrected chi connectivity index (χ4v) is 2.89. The minimum Gasteiger partial charge on any atom is -0.456 e. The standard InChI is InChI=1S/C25H31NO4/c1-16(2)22(24(29)30-15-21(27)18-9-7-17(3)8-10-18)26-23(28)19-11-13-20(14-12-19)25(4,5)6/h7-14,16,22H,15H2,1-6H3,(H,26,28). The Balaban J connectivity index is 2.00. The van der Waals surface area contributed by atoms with E-state index >= 15 is 0 Å². The first kappa shape index (κ1) is 23.3. The molecule has 0 fully saturated rings. The van der Waals surface area contributed by atoms with Crippen LogP contribution in [0.1, 0.15) is 66.5 Å². The Kier molecular flexibility index (Phi) is 7.54. The molecule has 0 aliphatic rings. The molecule has 2 aromatic carbocycles. The molecule has 0 aliphatic heterocycles. The van der Waals surface area contributed by atoms with Crippen LogP contribution in [0.5, 0.6) is 0 Å². The molecule has 0 radical (unpaired) electrons. The van der Waals surface area contributed by atoms with Gasteiger partial charge in [-0.2, -0.15) is 0 Å². The Bertz CT molecular complexity index is 890. The van der Waals surface area contributed by atoms with E-state index in [0.717, 1.165) is 11.1 Å². The monoisotopic (exact) mass is 409 g/mol. The number of rotatable bonds is 7. The van der Waals surface area contributed by atoms with Crippen molar-refractivity contribution in [2.75, 3.05) is 6.61 Å². The largest absolute Gasteiger partial charge is 0.456 e. The Morgan fingerprint density at radius 3 is 1.93 bits per heavy atom. The highest BCUT2D eigenvalue weighted by molar-refractivity contribution is 5.99. The minimum absolute atomic E-state index is 0.0106. The molecule has 1 unspecified atom stereocenters. The second-order valence-corrected chi connectivity index (χ2v) is 8.92. The van der Waals surface area contributed by atoms with Crippen LogP contribution in [0.4, 0.5) is 0 Å². The Morgan fingerprint density at radius 2 is 1.43 bits per heavy atom. The second kappa shape index (κ2) is 9.70. The molecular weight excluding hydrogens is 378 g/mol. The Labute approximate surface area is 178 Å². The zero-order chi connectivity index (χ0) is 22.5. The van der Waals surface area contributed by atoms with Gasteiger partial charge in [0.25, 0.3) is 5.91 Å². The summed E-state index contributed by atoms with van der Waals surface area (Å²) in [5.41, 5.74) is 3.10. The first-order valence-electron chi connectivity index (χ1n) is 10.2. The molecule has 0 saturated heterocycles. The van der Waals surface area contributed by atoms with Gasteiger partial charge in [-0.3, -0.25) is 9.59 Å². The Hall–Kier alpha value is -2.95. The van der Waals surface area contributed by atoms with Crippen molar-refractivity contribution in [2.24, 2.45) is 5.92 Å². The number of hydrogen-bond acceptors (Lipinski definition) is 4. The van der Waals surface area contributed by atoms with Gasteiger partial charge >= 0.3 is 5.97 Å². The molecule has 0 aromatic heterocycles. The van der Waals surface area contributed by atoms with Crippen LogP contribution in [-0.4, -0.2) is 30.3 Å². The molecule has 5 heteroatoms. The fraction of sp³-hybridized carbons (Fsp3) is 0.400. The molecule has 0 aliphatic carbocycles. The molecule has 1 amide bonds. The number of carbonyl (C=O) groups is 3. The van der Waals surface area contributed by atoms with Crippen molar-refractivity contribution in [3.63, 3.8) is 0 Å². The van der Waals surface area contributed by atoms with Crippen molar-refractivity contribution in [1.29, 1.82) is 0 Å². The molecular formula is C25H31NO4. The highest BCUT2D eigenvalue weighted by Crippen LogP contribution is 2.22. The van der Waals surface area contributed by atoms with Crippen LogP contribution in [0, 0.1) is 12.8 Å². The first-order chi connectivity index (χ1) is 14.0. The van der Waals surface area contributed by atoms with Crippen LogP contribution >= 0.6 is 0 Å². The summed E-state index contributed by atoms with van der Waals surface area (Å²) < 4.78 is 5.21. The topological polar surface area (TPSA) is 72.5 Å². The fourth-order valence-electron chi connectivity index (χ4n) is 2.89. The molecule has 1 atom stereocenters. The van der Waals surface area contributed by atoms with Gasteiger partial charge in [-0.25, -0.2) is 4.79 Å². The minimum atomic E-state index is -0.842. The van der Waals surface area contributed by atoms with Gasteiger partial charge < -0.3 is 10.1 Å². The third-order valence-corrected chi connectivity index (χ3v) is 4.94. The maximum Gasteiger partial charge on any atom is 0.329 e. The number of Topliss-reactive ketones (excluding diaryl/α,β-unsaturated/α-hetero) is 1. The molecule has 160 valence electrons. The van der Waals surface area contributed by atoms with Gasteiger partial charge in [-0.15, -0.1) is 0 Å².